The second-order valence-electron chi connectivity index (χ2n) is 8.79. The quantitative estimate of drug-likeness (QED) is 0.532. The molecule has 1 saturated carbocycles. The average molecular weight is 437 g/mol. The van der Waals surface area contributed by atoms with Gasteiger partial charge in [0.15, 0.2) is 0 Å². The summed E-state index contributed by atoms with van der Waals surface area (Å²) >= 11 is 0. The van der Waals surface area contributed by atoms with E-state index in [9.17, 15) is 9.59 Å². The van der Waals surface area contributed by atoms with Crippen molar-refractivity contribution in [3.8, 4) is 5.75 Å². The van der Waals surface area contributed by atoms with Gasteiger partial charge < -0.3 is 15.0 Å². The third kappa shape index (κ3) is 7.40. The second-order valence-corrected chi connectivity index (χ2v) is 8.79. The summed E-state index contributed by atoms with van der Waals surface area (Å²) in [6, 6.07) is 17.5. The molecule has 2 amide bonds. The molecule has 0 aliphatic heterocycles. The van der Waals surface area contributed by atoms with Crippen LogP contribution in [0, 0.1) is 6.92 Å². The Hall–Kier alpha value is -2.82. The molecule has 1 fully saturated rings. The number of rotatable bonds is 10. The molecule has 1 aliphatic carbocycles. The van der Waals surface area contributed by atoms with Crippen molar-refractivity contribution in [2.75, 3.05) is 6.61 Å². The van der Waals surface area contributed by atoms with Crippen molar-refractivity contribution < 1.29 is 14.3 Å². The molecule has 1 unspecified atom stereocenters. The first-order valence-corrected chi connectivity index (χ1v) is 11.9. The highest BCUT2D eigenvalue weighted by molar-refractivity contribution is 5.87. The van der Waals surface area contributed by atoms with Gasteiger partial charge in [-0.05, 0) is 50.8 Å². The van der Waals surface area contributed by atoms with Crippen LogP contribution in [0.25, 0.3) is 0 Å². The Bertz CT molecular complexity index is 845. The van der Waals surface area contributed by atoms with Crippen LogP contribution in [-0.4, -0.2) is 35.4 Å². The predicted molar refractivity (Wildman–Crippen MR) is 127 cm³/mol. The predicted octanol–water partition coefficient (Wildman–Crippen LogP) is 5.02. The Kier molecular flexibility index (Phi) is 9.14. The van der Waals surface area contributed by atoms with E-state index >= 15 is 0 Å². The van der Waals surface area contributed by atoms with E-state index in [1.165, 1.54) is 12.0 Å². The van der Waals surface area contributed by atoms with Gasteiger partial charge in [-0.1, -0.05) is 67.3 Å². The van der Waals surface area contributed by atoms with Crippen molar-refractivity contribution in [2.45, 2.75) is 77.4 Å². The molecule has 32 heavy (non-hydrogen) atoms. The number of nitrogens with zero attached hydrogens (tertiary/aromatic N) is 1. The Morgan fingerprint density at radius 3 is 2.41 bits per heavy atom. The third-order valence-corrected chi connectivity index (χ3v) is 6.14. The summed E-state index contributed by atoms with van der Waals surface area (Å²) in [7, 11) is 0. The summed E-state index contributed by atoms with van der Waals surface area (Å²) in [5, 5.41) is 3.18. The fourth-order valence-corrected chi connectivity index (χ4v) is 4.12. The van der Waals surface area contributed by atoms with E-state index in [1.54, 1.807) is 4.90 Å². The molecule has 0 bridgehead atoms. The zero-order valence-corrected chi connectivity index (χ0v) is 19.4. The number of hydrogen-bond donors (Lipinski definition) is 1. The molecule has 3 rings (SSSR count). The lowest BCUT2D eigenvalue weighted by Crippen LogP contribution is -2.50. The molecule has 1 N–H and O–H groups in total. The van der Waals surface area contributed by atoms with Crippen LogP contribution in [0.1, 0.15) is 63.0 Å². The van der Waals surface area contributed by atoms with Gasteiger partial charge in [0.1, 0.15) is 11.8 Å². The maximum atomic E-state index is 13.2. The molecular formula is C27H36N2O3. The first-order chi connectivity index (χ1) is 15.5. The third-order valence-electron chi connectivity index (χ3n) is 6.14. The first-order valence-electron chi connectivity index (χ1n) is 11.9. The van der Waals surface area contributed by atoms with Crippen LogP contribution < -0.4 is 10.1 Å². The average Bonchev–Trinajstić information content (AvgIpc) is 2.82. The van der Waals surface area contributed by atoms with Crippen LogP contribution in [0.2, 0.25) is 0 Å². The Balaban J connectivity index is 1.59. The van der Waals surface area contributed by atoms with E-state index in [0.717, 1.165) is 37.0 Å². The van der Waals surface area contributed by atoms with Gasteiger partial charge in [-0.15, -0.1) is 0 Å². The van der Waals surface area contributed by atoms with Crippen LogP contribution in [-0.2, 0) is 16.1 Å². The van der Waals surface area contributed by atoms with Crippen molar-refractivity contribution in [1.29, 1.82) is 0 Å². The van der Waals surface area contributed by atoms with E-state index in [0.29, 0.717) is 26.0 Å². The minimum atomic E-state index is -0.513. The number of nitrogens with one attached hydrogen (secondary N) is 1. The number of hydrogen-bond acceptors (Lipinski definition) is 3. The largest absolute Gasteiger partial charge is 0.494 e. The van der Waals surface area contributed by atoms with E-state index in [1.807, 2.05) is 68.4 Å². The monoisotopic (exact) mass is 436 g/mol. The standard InChI is InChI=1S/C27H36N2O3/c1-21-15-17-23(18-16-21)20-29(22(2)27(31)28-24-10-5-3-6-11-24)26(30)14-9-19-32-25-12-7-4-8-13-25/h4,7-8,12-13,15-18,22,24H,3,5-6,9-11,14,19-20H2,1-2H3,(H,28,31). The van der Waals surface area contributed by atoms with E-state index in [-0.39, 0.29) is 17.9 Å². The van der Waals surface area contributed by atoms with Crippen molar-refractivity contribution in [1.82, 2.24) is 10.2 Å². The SMILES string of the molecule is Cc1ccc(CN(C(=O)CCCOc2ccccc2)C(C)C(=O)NC2CCCCC2)cc1. The van der Waals surface area contributed by atoms with Crippen LogP contribution in [0.15, 0.2) is 54.6 Å². The van der Waals surface area contributed by atoms with Gasteiger partial charge in [-0.3, -0.25) is 9.59 Å². The summed E-state index contributed by atoms with van der Waals surface area (Å²) in [6.45, 7) is 4.78. The summed E-state index contributed by atoms with van der Waals surface area (Å²) < 4.78 is 5.73. The van der Waals surface area contributed by atoms with Gasteiger partial charge in [0.05, 0.1) is 6.61 Å². The molecular weight excluding hydrogens is 400 g/mol. The van der Waals surface area contributed by atoms with Gasteiger partial charge in [0.2, 0.25) is 11.8 Å². The number of ether oxygens (including phenoxy) is 1. The number of benzene rings is 2. The Morgan fingerprint density at radius 2 is 1.72 bits per heavy atom. The smallest absolute Gasteiger partial charge is 0.242 e. The van der Waals surface area contributed by atoms with Gasteiger partial charge in [0.25, 0.3) is 0 Å². The molecule has 172 valence electrons. The molecule has 0 radical (unpaired) electrons. The molecule has 0 aromatic heterocycles. The molecule has 2 aromatic rings. The van der Waals surface area contributed by atoms with Crippen LogP contribution in [0.3, 0.4) is 0 Å². The number of aryl methyl sites for hydroxylation is 1. The summed E-state index contributed by atoms with van der Waals surface area (Å²) in [5.41, 5.74) is 2.20. The molecule has 1 aliphatic rings. The highest BCUT2D eigenvalue weighted by Gasteiger charge is 2.27. The number of carbonyl (C=O) groups excluding carboxylic acids is 2. The van der Waals surface area contributed by atoms with Crippen molar-refractivity contribution in [3.05, 3.63) is 65.7 Å². The fourth-order valence-electron chi connectivity index (χ4n) is 4.12. The highest BCUT2D eigenvalue weighted by atomic mass is 16.5. The maximum absolute atomic E-state index is 13.2. The molecule has 0 spiro atoms. The number of amides is 2. The summed E-state index contributed by atoms with van der Waals surface area (Å²) in [6.07, 6.45) is 6.57. The Labute approximate surface area is 192 Å². The highest BCUT2D eigenvalue weighted by Crippen LogP contribution is 2.19. The normalized spacial score (nSPS) is 15.1. The minimum absolute atomic E-state index is 0.0199. The molecule has 0 heterocycles. The van der Waals surface area contributed by atoms with Gasteiger partial charge in [0, 0.05) is 19.0 Å². The van der Waals surface area contributed by atoms with Crippen molar-refractivity contribution >= 4 is 11.8 Å². The Morgan fingerprint density at radius 1 is 1.03 bits per heavy atom. The van der Waals surface area contributed by atoms with Crippen LogP contribution >= 0.6 is 0 Å². The summed E-state index contributed by atoms with van der Waals surface area (Å²) in [5.74, 6) is 0.725. The lowest BCUT2D eigenvalue weighted by molar-refractivity contribution is -0.141. The fraction of sp³-hybridized carbons (Fsp3) is 0.481. The van der Waals surface area contributed by atoms with E-state index in [4.69, 9.17) is 4.74 Å². The first kappa shape index (κ1) is 23.8. The van der Waals surface area contributed by atoms with Crippen LogP contribution in [0.4, 0.5) is 0 Å². The molecule has 0 saturated heterocycles. The van der Waals surface area contributed by atoms with Gasteiger partial charge in [-0.2, -0.15) is 0 Å². The molecule has 1 atom stereocenters. The van der Waals surface area contributed by atoms with Gasteiger partial charge >= 0.3 is 0 Å². The van der Waals surface area contributed by atoms with Gasteiger partial charge in [-0.25, -0.2) is 0 Å². The molecule has 5 heteroatoms. The maximum Gasteiger partial charge on any atom is 0.242 e. The molecule has 5 nitrogen and oxygen atoms in total. The van der Waals surface area contributed by atoms with Crippen LogP contribution in [0.5, 0.6) is 5.75 Å². The van der Waals surface area contributed by atoms with E-state index < -0.39 is 6.04 Å². The van der Waals surface area contributed by atoms with Crippen molar-refractivity contribution in [2.24, 2.45) is 0 Å². The van der Waals surface area contributed by atoms with E-state index in [2.05, 4.69) is 5.32 Å². The number of para-hydroxylation sites is 1. The topological polar surface area (TPSA) is 58.6 Å². The molecule has 2 aromatic carbocycles. The zero-order valence-electron chi connectivity index (χ0n) is 19.4. The van der Waals surface area contributed by atoms with Crippen molar-refractivity contribution in [3.63, 3.8) is 0 Å². The lowest BCUT2D eigenvalue weighted by atomic mass is 9.95. The minimum Gasteiger partial charge on any atom is -0.494 e. The number of carbonyl (C=O) groups is 2. The second kappa shape index (κ2) is 12.3. The summed E-state index contributed by atoms with van der Waals surface area (Å²) in [4.78, 5) is 27.9. The lowest BCUT2D eigenvalue weighted by Gasteiger charge is -2.31. The zero-order chi connectivity index (χ0) is 22.8.